The maximum Gasteiger partial charge on any atom is 0.262 e. The first-order valence-electron chi connectivity index (χ1n) is 1.08. The van der Waals surface area contributed by atoms with Crippen molar-refractivity contribution >= 4 is 35.5 Å². The Balaban J connectivity index is 0. The summed E-state index contributed by atoms with van der Waals surface area (Å²) in [6.45, 7) is 6.00. The molecule has 0 heterocycles. The standard InChI is InChI=1S/C2H4.CBr2O/c1-2;2-1(3)4/h1-2H2;. The van der Waals surface area contributed by atoms with E-state index in [0.29, 0.717) is 0 Å². The first kappa shape index (κ1) is 9.62. The van der Waals surface area contributed by atoms with Crippen LogP contribution >= 0.6 is 31.9 Å². The van der Waals surface area contributed by atoms with Gasteiger partial charge in [0.2, 0.25) is 0 Å². The molecule has 0 aromatic rings. The molecule has 0 aromatic carbocycles. The molecule has 0 saturated carbocycles. The molecule has 0 rings (SSSR count). The Bertz CT molecular complexity index is 40.1. The van der Waals surface area contributed by atoms with Crippen LogP contribution in [0.25, 0.3) is 0 Å². The molecule has 0 saturated heterocycles. The van der Waals surface area contributed by atoms with Crippen molar-refractivity contribution in [1.29, 1.82) is 0 Å². The molecule has 36 valence electrons. The first-order chi connectivity index (χ1) is 2.73. The van der Waals surface area contributed by atoms with Gasteiger partial charge in [0, 0.05) is 31.9 Å². The van der Waals surface area contributed by atoms with E-state index in [0.717, 1.165) is 0 Å². The van der Waals surface area contributed by atoms with Crippen molar-refractivity contribution in [2.24, 2.45) is 0 Å². The van der Waals surface area contributed by atoms with Crippen LogP contribution in [-0.4, -0.2) is 3.60 Å². The molecule has 0 bridgehead atoms. The van der Waals surface area contributed by atoms with Gasteiger partial charge in [-0.15, -0.1) is 13.2 Å². The fraction of sp³-hybridized carbons (Fsp3) is 0. The van der Waals surface area contributed by atoms with Crippen LogP contribution in [0.5, 0.6) is 0 Å². The highest BCUT2D eigenvalue weighted by Gasteiger charge is 1.70. The predicted octanol–water partition coefficient (Wildman–Crippen LogP) is 2.70. The summed E-state index contributed by atoms with van der Waals surface area (Å²) in [5.41, 5.74) is 0. The van der Waals surface area contributed by atoms with Gasteiger partial charge in [-0.2, -0.15) is 0 Å². The van der Waals surface area contributed by atoms with Crippen molar-refractivity contribution in [3.8, 4) is 0 Å². The van der Waals surface area contributed by atoms with Crippen molar-refractivity contribution in [2.45, 2.75) is 0 Å². The summed E-state index contributed by atoms with van der Waals surface area (Å²) in [6, 6.07) is 0. The van der Waals surface area contributed by atoms with Gasteiger partial charge in [-0.05, 0) is 0 Å². The van der Waals surface area contributed by atoms with E-state index in [1.54, 1.807) is 0 Å². The summed E-state index contributed by atoms with van der Waals surface area (Å²) in [7, 11) is 0. The summed E-state index contributed by atoms with van der Waals surface area (Å²) < 4.78 is -0.208. The zero-order valence-electron chi connectivity index (χ0n) is 3.08. The third-order valence-corrected chi connectivity index (χ3v) is 0. The van der Waals surface area contributed by atoms with Crippen molar-refractivity contribution in [2.75, 3.05) is 0 Å². The van der Waals surface area contributed by atoms with Crippen LogP contribution in [0.15, 0.2) is 13.2 Å². The Labute approximate surface area is 53.7 Å². The van der Waals surface area contributed by atoms with Gasteiger partial charge in [0.15, 0.2) is 0 Å². The average Bonchev–Trinajstić information content (AvgIpc) is 1.41. The highest BCUT2D eigenvalue weighted by atomic mass is 79.9. The Kier molecular flexibility index (Phi) is 14.5. The first-order valence-corrected chi connectivity index (χ1v) is 2.67. The molecule has 3 heteroatoms. The van der Waals surface area contributed by atoms with Crippen LogP contribution in [-0.2, 0) is 0 Å². The fourth-order valence-corrected chi connectivity index (χ4v) is 0. The lowest BCUT2D eigenvalue weighted by atomic mass is 11.3. The van der Waals surface area contributed by atoms with Crippen molar-refractivity contribution in [3.63, 3.8) is 0 Å². The van der Waals surface area contributed by atoms with Crippen molar-refractivity contribution in [1.82, 2.24) is 0 Å². The van der Waals surface area contributed by atoms with E-state index in [2.05, 4.69) is 45.0 Å². The molecule has 0 aliphatic heterocycles. The molecule has 0 unspecified atom stereocenters. The van der Waals surface area contributed by atoms with E-state index in [4.69, 9.17) is 0 Å². The predicted molar refractivity (Wildman–Crippen MR) is 34.5 cm³/mol. The van der Waals surface area contributed by atoms with Gasteiger partial charge in [0.25, 0.3) is 3.60 Å². The lowest BCUT2D eigenvalue weighted by Crippen LogP contribution is -1.42. The van der Waals surface area contributed by atoms with Gasteiger partial charge in [-0.1, -0.05) is 0 Å². The van der Waals surface area contributed by atoms with Crippen LogP contribution in [0.1, 0.15) is 0 Å². The summed E-state index contributed by atoms with van der Waals surface area (Å²) in [4.78, 5) is 9.28. The fourth-order valence-electron chi connectivity index (χ4n) is 0. The number of carbonyl (C=O) groups is 1. The van der Waals surface area contributed by atoms with E-state index in [1.165, 1.54) is 0 Å². The van der Waals surface area contributed by atoms with Crippen LogP contribution in [0.2, 0.25) is 0 Å². The van der Waals surface area contributed by atoms with Crippen LogP contribution in [0.4, 0.5) is 4.79 Å². The normalized spacial score (nSPS) is 5.00. The summed E-state index contributed by atoms with van der Waals surface area (Å²) >= 11 is 5.10. The SMILES string of the molecule is C=C.O=C(Br)Br. The molecule has 0 fully saturated rings. The lowest BCUT2D eigenvalue weighted by molar-refractivity contribution is 0.278. The Morgan fingerprint density at radius 3 is 1.33 bits per heavy atom. The van der Waals surface area contributed by atoms with Crippen LogP contribution in [0, 0.1) is 0 Å². The minimum absolute atomic E-state index is 0.208. The Morgan fingerprint density at radius 2 is 1.33 bits per heavy atom. The molecule has 0 aromatic heterocycles. The number of hydrogen-bond acceptors (Lipinski definition) is 1. The number of halogens is 2. The molecule has 0 N–H and O–H groups in total. The quantitative estimate of drug-likeness (QED) is 0.449. The largest absolute Gasteiger partial charge is 0.273 e. The minimum atomic E-state index is -0.208. The summed E-state index contributed by atoms with van der Waals surface area (Å²) in [5.74, 6) is 0. The zero-order valence-corrected chi connectivity index (χ0v) is 6.25. The Hall–Kier alpha value is 0.370. The van der Waals surface area contributed by atoms with E-state index in [9.17, 15) is 4.79 Å². The van der Waals surface area contributed by atoms with Crippen LogP contribution in [0.3, 0.4) is 0 Å². The van der Waals surface area contributed by atoms with E-state index >= 15 is 0 Å². The Morgan fingerprint density at radius 1 is 1.33 bits per heavy atom. The minimum Gasteiger partial charge on any atom is -0.273 e. The molecule has 0 aliphatic rings. The van der Waals surface area contributed by atoms with Crippen LogP contribution < -0.4 is 0 Å². The lowest BCUT2D eigenvalue weighted by Gasteiger charge is -1.49. The van der Waals surface area contributed by atoms with E-state index < -0.39 is 0 Å². The average molecular weight is 216 g/mol. The van der Waals surface area contributed by atoms with Crippen molar-refractivity contribution in [3.05, 3.63) is 13.2 Å². The van der Waals surface area contributed by atoms with Gasteiger partial charge in [0.1, 0.15) is 0 Å². The second-order valence-electron chi connectivity index (χ2n) is 0.226. The summed E-state index contributed by atoms with van der Waals surface area (Å²) in [6.07, 6.45) is 0. The maximum absolute atomic E-state index is 9.28. The zero-order chi connectivity index (χ0) is 5.58. The number of hydrogen-bond donors (Lipinski definition) is 0. The van der Waals surface area contributed by atoms with Gasteiger partial charge < -0.3 is 0 Å². The maximum atomic E-state index is 9.28. The van der Waals surface area contributed by atoms with Gasteiger partial charge in [-0.25, -0.2) is 0 Å². The molecule has 0 atom stereocenters. The molecule has 0 spiro atoms. The number of carbonyl (C=O) groups excluding carboxylic acids is 1. The monoisotopic (exact) mass is 214 g/mol. The second kappa shape index (κ2) is 9.03. The molecule has 0 aliphatic carbocycles. The summed E-state index contributed by atoms with van der Waals surface area (Å²) in [5, 5.41) is 0. The second-order valence-corrected chi connectivity index (χ2v) is 2.73. The third kappa shape index (κ3) is 363. The number of rotatable bonds is 0. The van der Waals surface area contributed by atoms with Gasteiger partial charge in [0.05, 0.1) is 0 Å². The van der Waals surface area contributed by atoms with Gasteiger partial charge >= 0.3 is 0 Å². The van der Waals surface area contributed by atoms with Crippen molar-refractivity contribution < 1.29 is 4.79 Å². The molecular formula is C3H4Br2O. The topological polar surface area (TPSA) is 17.1 Å². The molecule has 6 heavy (non-hydrogen) atoms. The smallest absolute Gasteiger partial charge is 0.262 e. The molecular weight excluding hydrogens is 212 g/mol. The molecule has 1 nitrogen and oxygen atoms in total. The molecule has 0 radical (unpaired) electrons. The van der Waals surface area contributed by atoms with Gasteiger partial charge in [-0.3, -0.25) is 4.79 Å². The van der Waals surface area contributed by atoms with E-state index in [-0.39, 0.29) is 3.60 Å². The molecule has 0 amide bonds. The highest BCUT2D eigenvalue weighted by molar-refractivity contribution is 9.39. The van der Waals surface area contributed by atoms with E-state index in [1.807, 2.05) is 0 Å². The highest BCUT2D eigenvalue weighted by Crippen LogP contribution is 1.92. The third-order valence-electron chi connectivity index (χ3n) is 0.